The summed E-state index contributed by atoms with van der Waals surface area (Å²) in [6.07, 6.45) is 3.69. The number of rotatable bonds is 4. The van der Waals surface area contributed by atoms with E-state index in [0.717, 1.165) is 18.4 Å². The van der Waals surface area contributed by atoms with Crippen LogP contribution in [0.4, 0.5) is 11.8 Å². The van der Waals surface area contributed by atoms with Gasteiger partial charge in [0, 0.05) is 11.6 Å². The first-order valence-electron chi connectivity index (χ1n) is 8.51. The van der Waals surface area contributed by atoms with Gasteiger partial charge in [0.15, 0.2) is 11.6 Å². The van der Waals surface area contributed by atoms with Crippen LogP contribution in [0.3, 0.4) is 0 Å². The van der Waals surface area contributed by atoms with E-state index < -0.39 is 0 Å². The minimum absolute atomic E-state index is 0.107. The second-order valence-electron chi connectivity index (χ2n) is 4.88. The quantitative estimate of drug-likeness (QED) is 0.788. The van der Waals surface area contributed by atoms with Gasteiger partial charge in [-0.2, -0.15) is 4.98 Å². The van der Waals surface area contributed by atoms with Crippen molar-refractivity contribution in [2.75, 3.05) is 18.6 Å². The fourth-order valence-corrected chi connectivity index (χ4v) is 2.34. The molecule has 0 aliphatic heterocycles. The SMILES string of the molecule is CC.CC.COc1cc(C2CC2)c(Oc2cnc(N)nc2N)cc1Cl. The average Bonchev–Trinajstić information content (AvgIpc) is 3.46. The second kappa shape index (κ2) is 9.93. The Morgan fingerprint density at radius 2 is 1.68 bits per heavy atom. The van der Waals surface area contributed by atoms with E-state index >= 15 is 0 Å². The Bertz CT molecular complexity index is 691. The molecule has 0 spiro atoms. The maximum Gasteiger partial charge on any atom is 0.222 e. The third-order valence-electron chi connectivity index (χ3n) is 3.32. The summed E-state index contributed by atoms with van der Waals surface area (Å²) in [6, 6.07) is 3.63. The molecule has 25 heavy (non-hydrogen) atoms. The Balaban J connectivity index is 0.000000730. The maximum atomic E-state index is 6.17. The number of nitrogen functional groups attached to an aromatic ring is 2. The van der Waals surface area contributed by atoms with Crippen molar-refractivity contribution in [3.63, 3.8) is 0 Å². The third-order valence-corrected chi connectivity index (χ3v) is 3.62. The molecule has 0 saturated heterocycles. The molecule has 1 heterocycles. The van der Waals surface area contributed by atoms with Gasteiger partial charge in [-0.25, -0.2) is 4.98 Å². The van der Waals surface area contributed by atoms with Gasteiger partial charge in [-0.1, -0.05) is 39.3 Å². The third kappa shape index (κ3) is 5.39. The molecule has 1 aromatic carbocycles. The minimum atomic E-state index is 0.107. The Morgan fingerprint density at radius 1 is 1.04 bits per heavy atom. The minimum Gasteiger partial charge on any atom is -0.495 e. The molecule has 4 N–H and O–H groups in total. The van der Waals surface area contributed by atoms with Crippen LogP contribution in [0.2, 0.25) is 5.02 Å². The largest absolute Gasteiger partial charge is 0.495 e. The molecule has 1 saturated carbocycles. The maximum absolute atomic E-state index is 6.17. The van der Waals surface area contributed by atoms with E-state index in [-0.39, 0.29) is 11.8 Å². The number of nitrogens with zero attached hydrogens (tertiary/aromatic N) is 2. The molecular weight excluding hydrogens is 340 g/mol. The van der Waals surface area contributed by atoms with Gasteiger partial charge in [0.2, 0.25) is 5.95 Å². The zero-order chi connectivity index (χ0) is 19.0. The van der Waals surface area contributed by atoms with Crippen LogP contribution in [0.5, 0.6) is 17.2 Å². The molecule has 0 atom stereocenters. The average molecular weight is 367 g/mol. The fourth-order valence-electron chi connectivity index (χ4n) is 2.10. The number of halogens is 1. The van der Waals surface area contributed by atoms with Gasteiger partial charge >= 0.3 is 0 Å². The van der Waals surface area contributed by atoms with Crippen molar-refractivity contribution in [1.29, 1.82) is 0 Å². The molecule has 0 bridgehead atoms. The predicted molar refractivity (Wildman–Crippen MR) is 104 cm³/mol. The Kier molecular flexibility index (Phi) is 8.28. The second-order valence-corrected chi connectivity index (χ2v) is 5.29. The number of hydrogen-bond donors (Lipinski definition) is 2. The topological polar surface area (TPSA) is 96.3 Å². The van der Waals surface area contributed by atoms with Crippen LogP contribution in [0.25, 0.3) is 0 Å². The fraction of sp³-hybridized carbons (Fsp3) is 0.444. The number of benzene rings is 1. The normalized spacial score (nSPS) is 12.2. The lowest BCUT2D eigenvalue weighted by Gasteiger charge is -2.14. The van der Waals surface area contributed by atoms with Gasteiger partial charge < -0.3 is 20.9 Å². The highest BCUT2D eigenvalue weighted by atomic mass is 35.5. The highest BCUT2D eigenvalue weighted by molar-refractivity contribution is 6.32. The number of ether oxygens (including phenoxy) is 2. The van der Waals surface area contributed by atoms with Gasteiger partial charge in [0.1, 0.15) is 11.5 Å². The molecule has 0 unspecified atom stereocenters. The molecule has 138 valence electrons. The summed E-state index contributed by atoms with van der Waals surface area (Å²) in [7, 11) is 1.59. The Hall–Kier alpha value is -2.21. The van der Waals surface area contributed by atoms with Gasteiger partial charge in [0.25, 0.3) is 0 Å². The Morgan fingerprint density at radius 3 is 2.20 bits per heavy atom. The van der Waals surface area contributed by atoms with Crippen molar-refractivity contribution < 1.29 is 9.47 Å². The van der Waals surface area contributed by atoms with Crippen molar-refractivity contribution >= 4 is 23.4 Å². The summed E-state index contributed by atoms with van der Waals surface area (Å²) >= 11 is 6.17. The van der Waals surface area contributed by atoms with Crippen LogP contribution in [0, 0.1) is 0 Å². The molecular formula is C18H27ClN4O2. The molecule has 1 aliphatic rings. The lowest BCUT2D eigenvalue weighted by molar-refractivity contribution is 0.412. The standard InChI is InChI=1S/C14H15ClN4O2.2C2H6/c1-20-11-4-8(7-2-3-7)10(5-9(11)15)21-12-6-18-14(17)19-13(12)16;2*1-2/h4-7H,2-3H2,1H3,(H4,16,17,18,19);2*1-2H3. The van der Waals surface area contributed by atoms with Crippen LogP contribution in [0.15, 0.2) is 18.3 Å². The van der Waals surface area contributed by atoms with Crippen LogP contribution in [-0.4, -0.2) is 17.1 Å². The van der Waals surface area contributed by atoms with E-state index in [1.807, 2.05) is 33.8 Å². The predicted octanol–water partition coefficient (Wildman–Crippen LogP) is 5.03. The number of methoxy groups -OCH3 is 1. The lowest BCUT2D eigenvalue weighted by Crippen LogP contribution is -2.02. The summed E-state index contributed by atoms with van der Waals surface area (Å²) in [5.74, 6) is 2.39. The van der Waals surface area contributed by atoms with Gasteiger partial charge in [-0.15, -0.1) is 0 Å². The highest BCUT2D eigenvalue weighted by Crippen LogP contribution is 2.48. The summed E-state index contributed by atoms with van der Waals surface area (Å²) in [5.41, 5.74) is 12.3. The molecule has 0 radical (unpaired) electrons. The van der Waals surface area contributed by atoms with Crippen molar-refractivity contribution in [2.24, 2.45) is 0 Å². The number of nitrogens with two attached hydrogens (primary N) is 2. The number of hydrogen-bond acceptors (Lipinski definition) is 6. The van der Waals surface area contributed by atoms with Gasteiger partial charge in [-0.3, -0.25) is 0 Å². The lowest BCUT2D eigenvalue weighted by atomic mass is 10.1. The van der Waals surface area contributed by atoms with Crippen molar-refractivity contribution in [3.8, 4) is 17.2 Å². The Labute approximate surface area is 154 Å². The van der Waals surface area contributed by atoms with E-state index in [0.29, 0.717) is 28.2 Å². The molecule has 2 aromatic rings. The molecule has 1 aliphatic carbocycles. The van der Waals surface area contributed by atoms with Gasteiger partial charge in [0.05, 0.1) is 18.3 Å². The van der Waals surface area contributed by atoms with Crippen LogP contribution >= 0.6 is 11.6 Å². The van der Waals surface area contributed by atoms with Crippen LogP contribution in [0.1, 0.15) is 52.0 Å². The molecule has 7 heteroatoms. The first-order valence-corrected chi connectivity index (χ1v) is 8.89. The smallest absolute Gasteiger partial charge is 0.222 e. The van der Waals surface area contributed by atoms with E-state index in [1.54, 1.807) is 13.2 Å². The van der Waals surface area contributed by atoms with E-state index in [4.69, 9.17) is 32.5 Å². The summed E-state index contributed by atoms with van der Waals surface area (Å²) in [6.45, 7) is 8.00. The molecule has 0 amide bonds. The zero-order valence-electron chi connectivity index (χ0n) is 15.5. The molecule has 6 nitrogen and oxygen atoms in total. The number of aromatic nitrogens is 2. The van der Waals surface area contributed by atoms with Crippen LogP contribution < -0.4 is 20.9 Å². The zero-order valence-corrected chi connectivity index (χ0v) is 16.2. The van der Waals surface area contributed by atoms with Crippen molar-refractivity contribution in [2.45, 2.75) is 46.5 Å². The first-order chi connectivity index (χ1) is 12.1. The summed E-state index contributed by atoms with van der Waals surface area (Å²) < 4.78 is 11.1. The van der Waals surface area contributed by atoms with E-state index in [9.17, 15) is 0 Å². The van der Waals surface area contributed by atoms with Gasteiger partial charge in [-0.05, 0) is 24.8 Å². The van der Waals surface area contributed by atoms with Crippen molar-refractivity contribution in [3.05, 3.63) is 28.9 Å². The van der Waals surface area contributed by atoms with E-state index in [2.05, 4.69) is 9.97 Å². The van der Waals surface area contributed by atoms with Crippen LogP contribution in [-0.2, 0) is 0 Å². The van der Waals surface area contributed by atoms with Crippen molar-refractivity contribution in [1.82, 2.24) is 9.97 Å². The highest BCUT2D eigenvalue weighted by Gasteiger charge is 2.28. The summed E-state index contributed by atoms with van der Waals surface area (Å²) in [5, 5.41) is 0.479. The first kappa shape index (κ1) is 20.8. The number of anilines is 2. The summed E-state index contributed by atoms with van der Waals surface area (Å²) in [4.78, 5) is 7.76. The monoisotopic (exact) mass is 366 g/mol. The molecule has 1 aromatic heterocycles. The van der Waals surface area contributed by atoms with E-state index in [1.165, 1.54) is 6.20 Å². The molecule has 3 rings (SSSR count). The molecule has 1 fully saturated rings.